The smallest absolute Gasteiger partial charge is 0.169 e. The summed E-state index contributed by atoms with van der Waals surface area (Å²) in [5.41, 5.74) is 1.17. The average molecular weight is 321 g/mol. The molecule has 2 rings (SSSR count). The lowest BCUT2D eigenvalue weighted by molar-refractivity contribution is 0.111. The fourth-order valence-electron chi connectivity index (χ4n) is 1.43. The molecule has 0 fully saturated rings. The Labute approximate surface area is 123 Å². The number of hydrogen-bond donors (Lipinski definition) is 0. The molecule has 18 heavy (non-hydrogen) atoms. The molecule has 0 atom stereocenters. The molecule has 0 aliphatic heterocycles. The number of carbonyl (C=O) groups excluding carboxylic acids is 1. The van der Waals surface area contributed by atoms with Crippen molar-refractivity contribution in [1.82, 2.24) is 4.98 Å². The van der Waals surface area contributed by atoms with Gasteiger partial charge in [0, 0.05) is 10.6 Å². The number of aldehydes is 1. The van der Waals surface area contributed by atoms with E-state index < -0.39 is 0 Å². The summed E-state index contributed by atoms with van der Waals surface area (Å²) in [5, 5.41) is 1.36. The predicted octanol–water partition coefficient (Wildman–Crippen LogP) is 5.17. The Morgan fingerprint density at radius 1 is 1.00 bits per heavy atom. The van der Waals surface area contributed by atoms with Crippen molar-refractivity contribution in [3.63, 3.8) is 0 Å². The SMILES string of the molecule is O=Cc1nc(-c2cc(Cl)cc(Cl)c2Cl)ccc1Cl. The molecule has 0 aliphatic rings. The molecule has 0 amide bonds. The number of nitrogens with zero attached hydrogens (tertiary/aromatic N) is 1. The number of pyridine rings is 1. The highest BCUT2D eigenvalue weighted by Crippen LogP contribution is 2.36. The number of benzene rings is 1. The van der Waals surface area contributed by atoms with Crippen LogP contribution in [0.3, 0.4) is 0 Å². The summed E-state index contributed by atoms with van der Waals surface area (Å²) < 4.78 is 0. The topological polar surface area (TPSA) is 30.0 Å². The zero-order valence-corrected chi connectivity index (χ0v) is 11.8. The second kappa shape index (κ2) is 5.45. The van der Waals surface area contributed by atoms with Gasteiger partial charge in [-0.1, -0.05) is 46.4 Å². The van der Waals surface area contributed by atoms with Crippen molar-refractivity contribution in [2.24, 2.45) is 0 Å². The van der Waals surface area contributed by atoms with Gasteiger partial charge in [-0.05, 0) is 24.3 Å². The Hall–Kier alpha value is -0.800. The van der Waals surface area contributed by atoms with Crippen molar-refractivity contribution in [2.75, 3.05) is 0 Å². The first-order chi connectivity index (χ1) is 8.52. The maximum absolute atomic E-state index is 10.8. The van der Waals surface area contributed by atoms with E-state index in [4.69, 9.17) is 46.4 Å². The van der Waals surface area contributed by atoms with Crippen molar-refractivity contribution < 1.29 is 4.79 Å². The first-order valence-electron chi connectivity index (χ1n) is 4.79. The van der Waals surface area contributed by atoms with Crippen molar-refractivity contribution in [3.05, 3.63) is 50.0 Å². The fraction of sp³-hybridized carbons (Fsp3) is 0. The fourth-order valence-corrected chi connectivity index (χ4v) is 2.28. The third-order valence-corrected chi connectivity index (χ3v) is 3.59. The van der Waals surface area contributed by atoms with Crippen LogP contribution in [-0.2, 0) is 0 Å². The molecule has 0 bridgehead atoms. The molecular weight excluding hydrogens is 316 g/mol. The maximum Gasteiger partial charge on any atom is 0.169 e. The molecule has 6 heteroatoms. The van der Waals surface area contributed by atoms with E-state index in [9.17, 15) is 4.79 Å². The summed E-state index contributed by atoms with van der Waals surface area (Å²) in [6, 6.07) is 6.37. The minimum Gasteiger partial charge on any atom is -0.296 e. The van der Waals surface area contributed by atoms with Crippen LogP contribution in [-0.4, -0.2) is 11.3 Å². The van der Waals surface area contributed by atoms with Gasteiger partial charge in [0.05, 0.1) is 20.8 Å². The van der Waals surface area contributed by atoms with Gasteiger partial charge in [0.15, 0.2) is 6.29 Å². The van der Waals surface area contributed by atoms with E-state index in [1.165, 1.54) is 6.07 Å². The van der Waals surface area contributed by atoms with E-state index in [0.717, 1.165) is 0 Å². The Morgan fingerprint density at radius 3 is 2.39 bits per heavy atom. The van der Waals surface area contributed by atoms with Crippen LogP contribution in [0.1, 0.15) is 10.5 Å². The zero-order chi connectivity index (χ0) is 13.3. The molecule has 0 radical (unpaired) electrons. The second-order valence-corrected chi connectivity index (χ2v) is 5.06. The van der Waals surface area contributed by atoms with Gasteiger partial charge in [-0.2, -0.15) is 0 Å². The van der Waals surface area contributed by atoms with Gasteiger partial charge in [-0.3, -0.25) is 4.79 Å². The van der Waals surface area contributed by atoms with Gasteiger partial charge in [-0.25, -0.2) is 4.98 Å². The van der Waals surface area contributed by atoms with Crippen LogP contribution in [0.2, 0.25) is 20.1 Å². The van der Waals surface area contributed by atoms with E-state index in [1.54, 1.807) is 18.2 Å². The van der Waals surface area contributed by atoms with Crippen molar-refractivity contribution in [3.8, 4) is 11.3 Å². The monoisotopic (exact) mass is 319 g/mol. The third kappa shape index (κ3) is 2.62. The minimum absolute atomic E-state index is 0.140. The maximum atomic E-state index is 10.8. The van der Waals surface area contributed by atoms with Crippen LogP contribution >= 0.6 is 46.4 Å². The molecule has 1 aromatic carbocycles. The quantitative estimate of drug-likeness (QED) is 0.564. The van der Waals surface area contributed by atoms with Crippen molar-refractivity contribution >= 4 is 52.7 Å². The molecule has 2 nitrogen and oxygen atoms in total. The Morgan fingerprint density at radius 2 is 1.72 bits per heavy atom. The van der Waals surface area contributed by atoms with Gasteiger partial charge < -0.3 is 0 Å². The Bertz CT molecular complexity index is 628. The van der Waals surface area contributed by atoms with Crippen molar-refractivity contribution in [2.45, 2.75) is 0 Å². The van der Waals surface area contributed by atoms with E-state index in [1.807, 2.05) is 0 Å². The summed E-state index contributed by atoms with van der Waals surface area (Å²) in [6.07, 6.45) is 0.575. The number of aromatic nitrogens is 1. The Kier molecular flexibility index (Phi) is 4.13. The summed E-state index contributed by atoms with van der Waals surface area (Å²) in [7, 11) is 0. The summed E-state index contributed by atoms with van der Waals surface area (Å²) >= 11 is 23.7. The van der Waals surface area contributed by atoms with Crippen LogP contribution in [0, 0.1) is 0 Å². The van der Waals surface area contributed by atoms with Crippen LogP contribution in [0.25, 0.3) is 11.3 Å². The molecule has 0 saturated heterocycles. The normalized spacial score (nSPS) is 10.4. The van der Waals surface area contributed by atoms with E-state index in [0.29, 0.717) is 32.6 Å². The first kappa shape index (κ1) is 13.6. The molecule has 0 N–H and O–H groups in total. The van der Waals surface area contributed by atoms with Crippen molar-refractivity contribution in [1.29, 1.82) is 0 Å². The molecule has 0 spiro atoms. The van der Waals surface area contributed by atoms with E-state index >= 15 is 0 Å². The molecule has 0 aliphatic carbocycles. The second-order valence-electron chi connectivity index (χ2n) is 3.43. The molecule has 1 heterocycles. The summed E-state index contributed by atoms with van der Waals surface area (Å²) in [5.74, 6) is 0. The highest BCUT2D eigenvalue weighted by Gasteiger charge is 2.12. The summed E-state index contributed by atoms with van der Waals surface area (Å²) in [4.78, 5) is 14.9. The first-order valence-corrected chi connectivity index (χ1v) is 6.30. The van der Waals surface area contributed by atoms with Gasteiger partial charge in [0.2, 0.25) is 0 Å². The molecular formula is C12H5Cl4NO. The highest BCUT2D eigenvalue weighted by molar-refractivity contribution is 6.45. The van der Waals surface area contributed by atoms with E-state index in [-0.39, 0.29) is 10.7 Å². The number of halogens is 4. The van der Waals surface area contributed by atoms with Crippen LogP contribution in [0.4, 0.5) is 0 Å². The molecule has 0 saturated carbocycles. The predicted molar refractivity (Wildman–Crippen MR) is 75.1 cm³/mol. The highest BCUT2D eigenvalue weighted by atomic mass is 35.5. The minimum atomic E-state index is 0.140. The largest absolute Gasteiger partial charge is 0.296 e. The lowest BCUT2D eigenvalue weighted by atomic mass is 10.1. The van der Waals surface area contributed by atoms with Gasteiger partial charge in [0.25, 0.3) is 0 Å². The Balaban J connectivity index is 2.65. The van der Waals surface area contributed by atoms with Crippen LogP contribution in [0.5, 0.6) is 0 Å². The molecule has 92 valence electrons. The molecule has 1 aromatic heterocycles. The zero-order valence-electron chi connectivity index (χ0n) is 8.75. The van der Waals surface area contributed by atoms with Gasteiger partial charge in [-0.15, -0.1) is 0 Å². The van der Waals surface area contributed by atoms with Crippen LogP contribution < -0.4 is 0 Å². The number of carbonyl (C=O) groups is 1. The molecule has 0 unspecified atom stereocenters. The molecule has 2 aromatic rings. The summed E-state index contributed by atoms with van der Waals surface area (Å²) in [6.45, 7) is 0. The number of rotatable bonds is 2. The average Bonchev–Trinajstić information content (AvgIpc) is 2.34. The van der Waals surface area contributed by atoms with Gasteiger partial charge in [0.1, 0.15) is 5.69 Å². The van der Waals surface area contributed by atoms with Gasteiger partial charge >= 0.3 is 0 Å². The lowest BCUT2D eigenvalue weighted by Crippen LogP contribution is -1.92. The lowest BCUT2D eigenvalue weighted by Gasteiger charge is -2.07. The standard InChI is InChI=1S/C12H5Cl4NO/c13-6-3-7(12(16)9(15)4-6)10-2-1-8(14)11(5-18)17-10/h1-5H. The third-order valence-electron chi connectivity index (χ3n) is 2.25. The van der Waals surface area contributed by atoms with Crippen LogP contribution in [0.15, 0.2) is 24.3 Å². The van der Waals surface area contributed by atoms with E-state index in [2.05, 4.69) is 4.98 Å². The number of hydrogen-bond acceptors (Lipinski definition) is 2.